The Balaban J connectivity index is 1.92. The van der Waals surface area contributed by atoms with Gasteiger partial charge in [-0.05, 0) is 25.7 Å². The normalized spacial score (nSPS) is 34.8. The van der Waals surface area contributed by atoms with Crippen LogP contribution in [0, 0.1) is 5.41 Å². The Morgan fingerprint density at radius 2 is 1.73 bits per heavy atom. The molecule has 3 heterocycles. The third kappa shape index (κ3) is 2.28. The molecule has 3 aliphatic rings. The van der Waals surface area contributed by atoms with Crippen LogP contribution in [0.3, 0.4) is 0 Å². The molecule has 3 aliphatic heterocycles. The highest BCUT2D eigenvalue weighted by Crippen LogP contribution is 2.53. The van der Waals surface area contributed by atoms with E-state index in [-0.39, 0.29) is 25.1 Å². The number of hydrogen-bond acceptors (Lipinski definition) is 3. The van der Waals surface area contributed by atoms with Crippen LogP contribution in [0.5, 0.6) is 0 Å². The van der Waals surface area contributed by atoms with Gasteiger partial charge in [0.1, 0.15) is 5.41 Å². The number of halogens is 3. The zero-order chi connectivity index (χ0) is 16.2. The molecule has 3 saturated heterocycles. The maximum Gasteiger partial charge on any atom is 0.397 e. The highest BCUT2D eigenvalue weighted by molar-refractivity contribution is 7.92. The maximum atomic E-state index is 13.6. The van der Waals surface area contributed by atoms with Crippen molar-refractivity contribution < 1.29 is 26.4 Å². The number of alkyl halides is 3. The molecule has 0 aromatic rings. The molecule has 0 aliphatic carbocycles. The van der Waals surface area contributed by atoms with E-state index in [1.54, 1.807) is 0 Å². The fourth-order valence-electron chi connectivity index (χ4n) is 3.98. The van der Waals surface area contributed by atoms with Crippen molar-refractivity contribution in [3.05, 3.63) is 0 Å². The minimum Gasteiger partial charge on any atom is -0.325 e. The lowest BCUT2D eigenvalue weighted by Gasteiger charge is -2.39. The summed E-state index contributed by atoms with van der Waals surface area (Å²) in [5.41, 5.74) is -2.29. The van der Waals surface area contributed by atoms with Crippen molar-refractivity contribution >= 4 is 15.9 Å². The van der Waals surface area contributed by atoms with Crippen molar-refractivity contribution in [3.8, 4) is 0 Å². The second-order valence-electron chi connectivity index (χ2n) is 6.47. The molecular formula is C13H19F3N2O3S. The van der Waals surface area contributed by atoms with Crippen LogP contribution >= 0.6 is 0 Å². The van der Waals surface area contributed by atoms with E-state index in [0.29, 0.717) is 13.1 Å². The second kappa shape index (κ2) is 5.01. The summed E-state index contributed by atoms with van der Waals surface area (Å²) in [4.78, 5) is 15.0. The number of sulfone groups is 1. The van der Waals surface area contributed by atoms with E-state index in [4.69, 9.17) is 0 Å². The number of hydrogen-bond donors (Lipinski definition) is 0. The van der Waals surface area contributed by atoms with Crippen LogP contribution in [0.1, 0.15) is 25.7 Å². The van der Waals surface area contributed by atoms with E-state index >= 15 is 0 Å². The molecule has 5 nitrogen and oxygen atoms in total. The largest absolute Gasteiger partial charge is 0.397 e. The molecule has 2 atom stereocenters. The first-order valence-electron chi connectivity index (χ1n) is 7.49. The maximum absolute atomic E-state index is 13.6. The SMILES string of the molecule is O=C(N1CCCC1)N1C[C@@H]2[C@@](C(F)(F)F)(CCCS2(=O)=O)C1. The Morgan fingerprint density at radius 3 is 2.27 bits per heavy atom. The van der Waals surface area contributed by atoms with Gasteiger partial charge in [0, 0.05) is 26.2 Å². The van der Waals surface area contributed by atoms with Crippen molar-refractivity contribution in [1.82, 2.24) is 9.80 Å². The first-order chi connectivity index (χ1) is 10.2. The number of urea groups is 1. The molecule has 0 aromatic heterocycles. The molecule has 0 N–H and O–H groups in total. The molecule has 0 aromatic carbocycles. The number of fused-ring (bicyclic) bond motifs is 1. The van der Waals surface area contributed by atoms with E-state index in [1.165, 1.54) is 4.90 Å². The Bertz CT molecular complexity index is 572. The number of amides is 2. The Hall–Kier alpha value is -0.990. The number of nitrogens with zero attached hydrogens (tertiary/aromatic N) is 2. The number of carbonyl (C=O) groups excluding carboxylic acids is 1. The van der Waals surface area contributed by atoms with Gasteiger partial charge in [0.2, 0.25) is 0 Å². The van der Waals surface area contributed by atoms with E-state index in [0.717, 1.165) is 17.7 Å². The monoisotopic (exact) mass is 340 g/mol. The molecule has 9 heteroatoms. The van der Waals surface area contributed by atoms with Gasteiger partial charge in [-0.25, -0.2) is 13.2 Å². The molecule has 2 amide bonds. The van der Waals surface area contributed by atoms with Crippen molar-refractivity contribution in [3.63, 3.8) is 0 Å². The van der Waals surface area contributed by atoms with Crippen LogP contribution in [0.4, 0.5) is 18.0 Å². The molecule has 22 heavy (non-hydrogen) atoms. The summed E-state index contributed by atoms with van der Waals surface area (Å²) in [6, 6.07) is -0.453. The first kappa shape index (κ1) is 15.9. The van der Waals surface area contributed by atoms with Crippen LogP contribution in [0.25, 0.3) is 0 Å². The predicted octanol–water partition coefficient (Wildman–Crippen LogP) is 1.64. The third-order valence-corrected chi connectivity index (χ3v) is 7.50. The van der Waals surface area contributed by atoms with Crippen molar-refractivity contribution in [2.24, 2.45) is 5.41 Å². The summed E-state index contributed by atoms with van der Waals surface area (Å²) < 4.78 is 65.2. The molecule has 0 radical (unpaired) electrons. The van der Waals surface area contributed by atoms with Gasteiger partial charge < -0.3 is 9.80 Å². The smallest absolute Gasteiger partial charge is 0.325 e. The zero-order valence-corrected chi connectivity index (χ0v) is 12.9. The van der Waals surface area contributed by atoms with Crippen LogP contribution in [0.2, 0.25) is 0 Å². The van der Waals surface area contributed by atoms with Gasteiger partial charge in [0.15, 0.2) is 9.84 Å². The molecule has 0 unspecified atom stereocenters. The molecule has 0 spiro atoms. The summed E-state index contributed by atoms with van der Waals surface area (Å²) in [6.07, 6.45) is -3.16. The average molecular weight is 340 g/mol. The topological polar surface area (TPSA) is 57.7 Å². The van der Waals surface area contributed by atoms with E-state index in [2.05, 4.69) is 0 Å². The van der Waals surface area contributed by atoms with Gasteiger partial charge in [0.05, 0.1) is 11.0 Å². The standard InChI is InChI=1S/C13H19F3N2O3S/c14-13(15,16)12-4-3-7-22(20,21)10(12)8-18(9-12)11(19)17-5-1-2-6-17/h10H,1-9H2/t10-,12-/m1/s1. The van der Waals surface area contributed by atoms with Gasteiger partial charge in [0.25, 0.3) is 0 Å². The third-order valence-electron chi connectivity index (χ3n) is 5.17. The zero-order valence-electron chi connectivity index (χ0n) is 12.1. The van der Waals surface area contributed by atoms with Crippen LogP contribution < -0.4 is 0 Å². The number of rotatable bonds is 0. The van der Waals surface area contributed by atoms with Gasteiger partial charge >= 0.3 is 12.2 Å². The van der Waals surface area contributed by atoms with Crippen molar-refractivity contribution in [1.29, 1.82) is 0 Å². The molecular weight excluding hydrogens is 321 g/mol. The van der Waals surface area contributed by atoms with Gasteiger partial charge in [-0.1, -0.05) is 0 Å². The lowest BCUT2D eigenvalue weighted by atomic mass is 9.81. The summed E-state index contributed by atoms with van der Waals surface area (Å²) in [7, 11) is -3.82. The molecule has 0 saturated carbocycles. The summed E-state index contributed by atoms with van der Waals surface area (Å²) in [5, 5.41) is -1.51. The fourth-order valence-corrected chi connectivity index (χ4v) is 6.23. The lowest BCUT2D eigenvalue weighted by molar-refractivity contribution is -0.221. The minimum absolute atomic E-state index is 0.00406. The average Bonchev–Trinajstić information content (AvgIpc) is 3.05. The lowest BCUT2D eigenvalue weighted by Crippen LogP contribution is -2.53. The predicted molar refractivity (Wildman–Crippen MR) is 73.1 cm³/mol. The van der Waals surface area contributed by atoms with Crippen molar-refractivity contribution in [2.75, 3.05) is 31.9 Å². The quantitative estimate of drug-likeness (QED) is 0.674. The fraction of sp³-hybridized carbons (Fsp3) is 0.923. The summed E-state index contributed by atoms with van der Waals surface area (Å²) in [6.45, 7) is 0.199. The molecule has 3 fully saturated rings. The van der Waals surface area contributed by atoms with E-state index in [9.17, 15) is 26.4 Å². The van der Waals surface area contributed by atoms with E-state index < -0.39 is 39.3 Å². The molecule has 3 rings (SSSR count). The van der Waals surface area contributed by atoms with Crippen LogP contribution in [-0.2, 0) is 9.84 Å². The van der Waals surface area contributed by atoms with E-state index in [1.807, 2.05) is 0 Å². The summed E-state index contributed by atoms with van der Waals surface area (Å²) >= 11 is 0. The Labute approximate surface area is 127 Å². The van der Waals surface area contributed by atoms with Gasteiger partial charge in [-0.15, -0.1) is 0 Å². The number of carbonyl (C=O) groups is 1. The Kier molecular flexibility index (Phi) is 3.61. The van der Waals surface area contributed by atoms with Gasteiger partial charge in [-0.3, -0.25) is 0 Å². The Morgan fingerprint density at radius 1 is 1.09 bits per heavy atom. The first-order valence-corrected chi connectivity index (χ1v) is 9.21. The molecule has 126 valence electrons. The number of likely N-dealkylation sites (tertiary alicyclic amines) is 2. The summed E-state index contributed by atoms with van der Waals surface area (Å²) in [5.74, 6) is -0.221. The van der Waals surface area contributed by atoms with Crippen molar-refractivity contribution in [2.45, 2.75) is 37.1 Å². The van der Waals surface area contributed by atoms with Gasteiger partial charge in [-0.2, -0.15) is 13.2 Å². The highest BCUT2D eigenvalue weighted by Gasteiger charge is 2.68. The molecule has 0 bridgehead atoms. The van der Waals surface area contributed by atoms with Crippen LogP contribution in [-0.4, -0.2) is 67.6 Å². The minimum atomic E-state index is -4.62. The van der Waals surface area contributed by atoms with Crippen LogP contribution in [0.15, 0.2) is 0 Å². The second-order valence-corrected chi connectivity index (χ2v) is 8.77. The highest BCUT2D eigenvalue weighted by atomic mass is 32.2.